The van der Waals surface area contributed by atoms with Gasteiger partial charge in [-0.1, -0.05) is 0 Å². The van der Waals surface area contributed by atoms with E-state index in [9.17, 15) is 14.0 Å². The summed E-state index contributed by atoms with van der Waals surface area (Å²) in [5.41, 5.74) is -1.02. The lowest BCUT2D eigenvalue weighted by atomic mass is 10.1. The van der Waals surface area contributed by atoms with Gasteiger partial charge < -0.3 is 25.0 Å². The molecule has 1 aliphatic heterocycles. The maximum absolute atomic E-state index is 15.4. The third-order valence-electron chi connectivity index (χ3n) is 4.84. The molecule has 2 fully saturated rings. The average Bonchev–Trinajstić information content (AvgIpc) is 3.34. The van der Waals surface area contributed by atoms with Crippen LogP contribution in [-0.4, -0.2) is 49.4 Å². The van der Waals surface area contributed by atoms with Crippen molar-refractivity contribution in [2.75, 3.05) is 29.9 Å². The highest BCUT2D eigenvalue weighted by atomic mass is 19.1. The van der Waals surface area contributed by atoms with Gasteiger partial charge in [0.2, 0.25) is 0 Å². The molecule has 0 aromatic heterocycles. The molecular weight excluding hydrogens is 396 g/mol. The van der Waals surface area contributed by atoms with Gasteiger partial charge in [-0.15, -0.1) is 0 Å². The van der Waals surface area contributed by atoms with Crippen LogP contribution in [0.25, 0.3) is 0 Å². The first kappa shape index (κ1) is 22.1. The number of benzene rings is 1. The number of rotatable bonds is 6. The molecule has 30 heavy (non-hydrogen) atoms. The van der Waals surface area contributed by atoms with Crippen LogP contribution in [0.1, 0.15) is 57.3 Å². The van der Waals surface area contributed by atoms with Crippen LogP contribution in [-0.2, 0) is 9.47 Å². The minimum atomic E-state index is -0.838. The van der Waals surface area contributed by atoms with Crippen molar-refractivity contribution in [2.24, 2.45) is 0 Å². The van der Waals surface area contributed by atoms with E-state index in [0.29, 0.717) is 13.0 Å². The van der Waals surface area contributed by atoms with E-state index in [1.807, 2.05) is 0 Å². The van der Waals surface area contributed by atoms with Crippen molar-refractivity contribution in [3.8, 4) is 0 Å². The smallest absolute Gasteiger partial charge is 0.407 e. The summed E-state index contributed by atoms with van der Waals surface area (Å²) in [6, 6.07) is 0.782. The number of esters is 1. The summed E-state index contributed by atoms with van der Waals surface area (Å²) in [4.78, 5) is 25.8. The van der Waals surface area contributed by atoms with Gasteiger partial charge in [-0.3, -0.25) is 0 Å². The summed E-state index contributed by atoms with van der Waals surface area (Å²) in [6.07, 6.45) is 1.67. The Hall–Kier alpha value is -2.58. The number of carbonyl (C=O) groups is 2. The Morgan fingerprint density at radius 2 is 1.90 bits per heavy atom. The van der Waals surface area contributed by atoms with Crippen molar-refractivity contribution < 1.29 is 27.8 Å². The fourth-order valence-electron chi connectivity index (χ4n) is 3.40. The van der Waals surface area contributed by atoms with E-state index in [4.69, 9.17) is 9.47 Å². The fraction of sp³-hybridized carbons (Fsp3) is 0.619. The summed E-state index contributed by atoms with van der Waals surface area (Å²) in [5.74, 6) is -2.42. The molecule has 1 saturated heterocycles. The quantitative estimate of drug-likeness (QED) is 0.675. The average molecular weight is 425 g/mol. The number of carbonyl (C=O) groups excluding carboxylic acids is 2. The Bertz CT molecular complexity index is 821. The number of nitrogens with zero attached hydrogens (tertiary/aromatic N) is 1. The number of hydrogen-bond acceptors (Lipinski definition) is 6. The van der Waals surface area contributed by atoms with Gasteiger partial charge in [-0.05, 0) is 53.0 Å². The van der Waals surface area contributed by atoms with Crippen LogP contribution in [0, 0.1) is 11.6 Å². The summed E-state index contributed by atoms with van der Waals surface area (Å²) >= 11 is 0. The van der Waals surface area contributed by atoms with Gasteiger partial charge in [0.15, 0.2) is 11.6 Å². The summed E-state index contributed by atoms with van der Waals surface area (Å²) in [7, 11) is 0. The third kappa shape index (κ3) is 5.31. The number of alkyl carbamates (subject to hydrolysis) is 1. The van der Waals surface area contributed by atoms with E-state index in [2.05, 4.69) is 10.6 Å². The van der Waals surface area contributed by atoms with E-state index in [0.717, 1.165) is 18.9 Å². The molecule has 2 aliphatic rings. The Labute approximate surface area is 175 Å². The van der Waals surface area contributed by atoms with Crippen LogP contribution in [0.4, 0.5) is 25.0 Å². The number of hydrogen-bond donors (Lipinski definition) is 2. The van der Waals surface area contributed by atoms with E-state index in [1.165, 1.54) is 0 Å². The second-order valence-corrected chi connectivity index (χ2v) is 8.66. The third-order valence-corrected chi connectivity index (χ3v) is 4.84. The van der Waals surface area contributed by atoms with E-state index >= 15 is 4.39 Å². The molecule has 1 unspecified atom stereocenters. The highest BCUT2D eigenvalue weighted by Gasteiger charge is 2.34. The largest absolute Gasteiger partial charge is 0.462 e. The van der Waals surface area contributed by atoms with Crippen LogP contribution in [0.2, 0.25) is 0 Å². The predicted octanol–water partition coefficient (Wildman–Crippen LogP) is 3.82. The number of anilines is 2. The molecule has 166 valence electrons. The standard InChI is InChI=1S/C21H29F2N3O4/c1-5-29-19(27)14-10-15(22)18(16(23)17(14)24-12-6-7-12)26-9-8-13(11-26)25-20(28)30-21(2,3)4/h10,12-13,24H,5-9,11H2,1-4H3,(H,25,28). The van der Waals surface area contributed by atoms with Crippen molar-refractivity contribution >= 4 is 23.4 Å². The van der Waals surface area contributed by atoms with Gasteiger partial charge in [-0.25, -0.2) is 18.4 Å². The fourth-order valence-corrected chi connectivity index (χ4v) is 3.40. The summed E-state index contributed by atoms with van der Waals surface area (Å²) < 4.78 is 40.5. The molecule has 1 aromatic carbocycles. The maximum atomic E-state index is 15.4. The van der Waals surface area contributed by atoms with Crippen molar-refractivity contribution in [3.05, 3.63) is 23.3 Å². The molecule has 0 radical (unpaired) electrons. The lowest BCUT2D eigenvalue weighted by Gasteiger charge is -2.24. The molecule has 1 aromatic rings. The molecule has 0 spiro atoms. The molecular formula is C21H29F2N3O4. The number of halogens is 2. The van der Waals surface area contributed by atoms with Gasteiger partial charge in [0.05, 0.1) is 23.9 Å². The zero-order valence-corrected chi connectivity index (χ0v) is 17.8. The minimum absolute atomic E-state index is 0.0316. The van der Waals surface area contributed by atoms with Crippen molar-refractivity contribution in [2.45, 2.75) is 64.6 Å². The molecule has 1 saturated carbocycles. The Morgan fingerprint density at radius 1 is 1.20 bits per heavy atom. The molecule has 9 heteroatoms. The van der Waals surface area contributed by atoms with Gasteiger partial charge in [0.25, 0.3) is 0 Å². The zero-order valence-electron chi connectivity index (χ0n) is 17.8. The lowest BCUT2D eigenvalue weighted by Crippen LogP contribution is -2.40. The number of amides is 1. The Balaban J connectivity index is 1.80. The second kappa shape index (κ2) is 8.65. The lowest BCUT2D eigenvalue weighted by molar-refractivity contribution is 0.0503. The Kier molecular flexibility index (Phi) is 6.38. The van der Waals surface area contributed by atoms with Gasteiger partial charge in [-0.2, -0.15) is 0 Å². The van der Waals surface area contributed by atoms with E-state index < -0.39 is 29.3 Å². The molecule has 3 rings (SSSR count). The molecule has 1 heterocycles. The minimum Gasteiger partial charge on any atom is -0.462 e. The monoisotopic (exact) mass is 425 g/mol. The highest BCUT2D eigenvalue weighted by molar-refractivity contribution is 5.97. The second-order valence-electron chi connectivity index (χ2n) is 8.66. The summed E-state index contributed by atoms with van der Waals surface area (Å²) in [5, 5.41) is 5.73. The van der Waals surface area contributed by atoms with Crippen LogP contribution >= 0.6 is 0 Å². The normalized spacial score (nSPS) is 18.9. The van der Waals surface area contributed by atoms with Crippen molar-refractivity contribution in [1.29, 1.82) is 0 Å². The molecule has 2 N–H and O–H groups in total. The predicted molar refractivity (Wildman–Crippen MR) is 109 cm³/mol. The van der Waals surface area contributed by atoms with Gasteiger partial charge >= 0.3 is 12.1 Å². The van der Waals surface area contributed by atoms with Gasteiger partial charge in [0, 0.05) is 19.1 Å². The van der Waals surface area contributed by atoms with E-state index in [-0.39, 0.29) is 42.2 Å². The first-order chi connectivity index (χ1) is 14.1. The molecule has 1 amide bonds. The van der Waals surface area contributed by atoms with Crippen LogP contribution in [0.3, 0.4) is 0 Å². The SMILES string of the molecule is CCOC(=O)c1cc(F)c(N2CCC(NC(=O)OC(C)(C)C)C2)c(F)c1NC1CC1. The topological polar surface area (TPSA) is 79.9 Å². The van der Waals surface area contributed by atoms with Crippen molar-refractivity contribution in [3.63, 3.8) is 0 Å². The molecule has 0 bridgehead atoms. The first-order valence-corrected chi connectivity index (χ1v) is 10.3. The summed E-state index contributed by atoms with van der Waals surface area (Å²) in [6.45, 7) is 7.61. The van der Waals surface area contributed by atoms with Gasteiger partial charge in [0.1, 0.15) is 11.3 Å². The van der Waals surface area contributed by atoms with Crippen LogP contribution < -0.4 is 15.5 Å². The Morgan fingerprint density at radius 3 is 2.50 bits per heavy atom. The van der Waals surface area contributed by atoms with Crippen LogP contribution in [0.5, 0.6) is 0 Å². The first-order valence-electron chi connectivity index (χ1n) is 10.3. The molecule has 1 aliphatic carbocycles. The van der Waals surface area contributed by atoms with Crippen LogP contribution in [0.15, 0.2) is 6.07 Å². The zero-order chi connectivity index (χ0) is 22.1. The van der Waals surface area contributed by atoms with E-state index in [1.54, 1.807) is 32.6 Å². The highest BCUT2D eigenvalue weighted by Crippen LogP contribution is 2.37. The number of ether oxygens (including phenoxy) is 2. The molecule has 7 nitrogen and oxygen atoms in total. The molecule has 1 atom stereocenters. The maximum Gasteiger partial charge on any atom is 0.407 e. The number of nitrogens with one attached hydrogen (secondary N) is 2. The van der Waals surface area contributed by atoms with Crippen molar-refractivity contribution in [1.82, 2.24) is 5.32 Å².